The van der Waals surface area contributed by atoms with Crippen molar-refractivity contribution >= 4 is 83.6 Å². The number of halogens is 2. The van der Waals surface area contributed by atoms with Crippen molar-refractivity contribution in [3.63, 3.8) is 0 Å². The maximum absolute atomic E-state index is 16.2. The van der Waals surface area contributed by atoms with Crippen LogP contribution in [-0.2, 0) is 53.1 Å². The van der Waals surface area contributed by atoms with E-state index >= 15 is 8.63 Å². The molecule has 0 saturated carbocycles. The predicted octanol–water partition coefficient (Wildman–Crippen LogP) is 4.30. The Balaban J connectivity index is 0.660. The van der Waals surface area contributed by atoms with Gasteiger partial charge in [0, 0.05) is 81.6 Å². The molecular weight excluding hydrogens is 1200 g/mol. The van der Waals surface area contributed by atoms with Gasteiger partial charge in [-0.2, -0.15) is 0 Å². The summed E-state index contributed by atoms with van der Waals surface area (Å²) >= 11 is 1.41. The zero-order chi connectivity index (χ0) is 65.3. The second-order valence-corrected chi connectivity index (χ2v) is 24.0. The van der Waals surface area contributed by atoms with Crippen molar-refractivity contribution < 1.29 is 61.3 Å². The minimum Gasteiger partial charge on any atom is -0.490 e. The van der Waals surface area contributed by atoms with Crippen LogP contribution in [0.1, 0.15) is 97.4 Å². The van der Waals surface area contributed by atoms with Gasteiger partial charge in [-0.25, -0.2) is 0 Å². The zero-order valence-corrected chi connectivity index (χ0v) is 51.9. The molecule has 1 saturated heterocycles. The van der Waals surface area contributed by atoms with E-state index in [-0.39, 0.29) is 38.5 Å². The van der Waals surface area contributed by atoms with Crippen molar-refractivity contribution in [3.8, 4) is 11.5 Å². The van der Waals surface area contributed by atoms with Gasteiger partial charge in [-0.05, 0) is 96.1 Å². The van der Waals surface area contributed by atoms with Crippen LogP contribution in [-0.4, -0.2) is 151 Å². The van der Waals surface area contributed by atoms with E-state index in [0.29, 0.717) is 66.8 Å². The van der Waals surface area contributed by atoms with Gasteiger partial charge in [0.2, 0.25) is 41.4 Å². The van der Waals surface area contributed by atoms with E-state index in [4.69, 9.17) is 20.9 Å². The number of aliphatic hydroxyl groups excluding tert-OH is 1. The van der Waals surface area contributed by atoms with Gasteiger partial charge in [0.25, 0.3) is 0 Å². The smallest absolute Gasteiger partial charge is 0.490 e. The molecule has 3 aromatic heterocycles. The Labute approximate surface area is 535 Å². The van der Waals surface area contributed by atoms with Gasteiger partial charge in [0.05, 0.1) is 24.1 Å². The number of thiophene rings is 1. The van der Waals surface area contributed by atoms with Gasteiger partial charge in [0.15, 0.2) is 11.4 Å². The van der Waals surface area contributed by atoms with Crippen molar-refractivity contribution in [1.82, 2.24) is 51.0 Å². The molecule has 6 heterocycles. The van der Waals surface area contributed by atoms with Gasteiger partial charge in [-0.15, -0.1) is 16.4 Å². The lowest BCUT2D eigenvalue weighted by molar-refractivity contribution is -0.360. The number of amides is 7. The number of nitrogens with two attached hydrogens (primary N) is 2. The molecule has 0 aliphatic carbocycles. The monoisotopic (exact) mass is 1280 g/mol. The van der Waals surface area contributed by atoms with Crippen LogP contribution in [0.2, 0.25) is 0 Å². The summed E-state index contributed by atoms with van der Waals surface area (Å²) in [5.41, 5.74) is 16.3. The van der Waals surface area contributed by atoms with Crippen molar-refractivity contribution in [1.29, 1.82) is 0 Å². The highest BCUT2D eigenvalue weighted by atomic mass is 32.1. The van der Waals surface area contributed by atoms with Crippen molar-refractivity contribution in [2.45, 2.75) is 109 Å². The second kappa shape index (κ2) is 31.4. The van der Waals surface area contributed by atoms with E-state index in [1.807, 2.05) is 53.9 Å². The van der Waals surface area contributed by atoms with Crippen LogP contribution < -0.4 is 47.5 Å². The third kappa shape index (κ3) is 17.9. The highest BCUT2D eigenvalue weighted by Gasteiger charge is 2.52. The third-order valence-corrected chi connectivity index (χ3v) is 16.8. The lowest BCUT2D eigenvalue weighted by atomic mass is 9.90. The Morgan fingerprint density at radius 3 is 2.26 bits per heavy atom. The number of ether oxygens (including phenoxy) is 2. The van der Waals surface area contributed by atoms with E-state index in [0.717, 1.165) is 50.0 Å². The maximum atomic E-state index is 16.2. The van der Waals surface area contributed by atoms with E-state index in [1.165, 1.54) is 16.9 Å². The van der Waals surface area contributed by atoms with Crippen molar-refractivity contribution in [2.75, 3.05) is 32.8 Å². The largest absolute Gasteiger partial charge is 0.737 e. The van der Waals surface area contributed by atoms with Crippen LogP contribution in [0.3, 0.4) is 0 Å². The summed E-state index contributed by atoms with van der Waals surface area (Å²) in [6.45, 7) is 0.276. The molecule has 7 amide bonds. The molecule has 23 nitrogen and oxygen atoms in total. The molecule has 4 atom stereocenters. The summed E-state index contributed by atoms with van der Waals surface area (Å²) in [4.78, 5) is 93.8. The first-order valence-corrected chi connectivity index (χ1v) is 31.5. The quantitative estimate of drug-likeness (QED) is 0.0274. The normalized spacial score (nSPS) is 15.8. The van der Waals surface area contributed by atoms with E-state index in [2.05, 4.69) is 60.0 Å². The number of fused-ring (bicyclic) bond motifs is 2. The Morgan fingerprint density at radius 1 is 0.804 bits per heavy atom. The van der Waals surface area contributed by atoms with Gasteiger partial charge in [0.1, 0.15) is 54.1 Å². The molecule has 0 unspecified atom stereocenters. The molecule has 9 rings (SSSR count). The number of para-hydroxylation sites is 1. The molecular formula is C65H76BF2N13O10S. The lowest BCUT2D eigenvalue weighted by Crippen LogP contribution is -2.59. The summed E-state index contributed by atoms with van der Waals surface area (Å²) in [5.74, 6) is -4.54. The number of carbonyl (C=O) groups is 7. The lowest BCUT2D eigenvalue weighted by Gasteiger charge is -2.32. The summed E-state index contributed by atoms with van der Waals surface area (Å²) in [6.07, 6.45) is 12.2. The van der Waals surface area contributed by atoms with Crippen molar-refractivity contribution in [2.24, 2.45) is 17.4 Å². The number of aromatic nitrogens is 4. The van der Waals surface area contributed by atoms with Crippen LogP contribution >= 0.6 is 11.3 Å². The standard InChI is InChI=1S/C65H76BF2N13O10S/c1-42(2)61(75-60(85)29-34-78-32-27-51(28-33-78)91-56-14-7-6-12-45(56)36-44-10-4-3-5-11-44)65(89)74-54(40-82)64(88)73-53(38-58(69)83)63(87)71-30-26-59(84)72-52(62(70)86)13-8-31-79-39-46(76-77-79)41-90-50-23-17-43(18-24-50)16-19-47-20-21-48-37-49-22-25-55(57-15-9-35-92-57)81(49)66(67,68)80(47)48/h3-7,9-12,14-25,35,37,39,42,51-54,61,82H,8,13,26-34,36,38,40-41H2,1-2H3,(H2,69,83)(H2,70,86)(H,71,87)(H,72,84)(H,73,88)(H,74,89)(H,75,85)/b19-16+/t52-,53-,54-,61-/m0/s1. The van der Waals surface area contributed by atoms with Crippen LogP contribution in [0.4, 0.5) is 8.63 Å². The number of benzene rings is 3. The highest BCUT2D eigenvalue weighted by molar-refractivity contribution is 7.12. The fourth-order valence-corrected chi connectivity index (χ4v) is 11.8. The molecule has 0 bridgehead atoms. The fraction of sp³-hybridized carbons (Fsp3) is 0.354. The Kier molecular flexibility index (Phi) is 22.8. The fourth-order valence-electron chi connectivity index (χ4n) is 11.1. The number of primary amides is 2. The van der Waals surface area contributed by atoms with Gasteiger partial charge in [-0.1, -0.05) is 91.9 Å². The number of piperidine rings is 1. The molecule has 1 fully saturated rings. The molecule has 0 radical (unpaired) electrons. The van der Waals surface area contributed by atoms with E-state index in [1.54, 1.807) is 91.5 Å². The number of nitrogens with zero attached hydrogens (tertiary/aromatic N) is 6. The highest BCUT2D eigenvalue weighted by Crippen LogP contribution is 2.35. The number of likely N-dealkylation sites (tertiary alicyclic amines) is 1. The topological polar surface area (TPSA) is 312 Å². The SMILES string of the molecule is CC(C)[C@H](NC(=O)CCN1CCC(Oc2ccccc2Cc2ccccc2)CC1)C(=O)N[C@@H](CO)C(=O)N[C@@H](CC(N)=O)C(=O)NCCC(=O)N[C@@H](CCCn1cc(COc2ccc(/C=C/c3ccc4n3[B-](F)(F)[N+]3=C(c5cccs5)C=CC3=C4)cc2)nn1)C(N)=O. The number of aryl methyl sites for hydroxylation is 1. The number of nitrogens with one attached hydrogen (secondary N) is 5. The average Bonchev–Trinajstić information content (AvgIpc) is 1.55. The molecule has 3 aliphatic rings. The second-order valence-electron chi connectivity index (χ2n) is 23.1. The molecule has 484 valence electrons. The molecule has 10 N–H and O–H groups in total. The first-order chi connectivity index (χ1) is 44.3. The van der Waals surface area contributed by atoms with Gasteiger partial charge >= 0.3 is 6.97 Å². The van der Waals surface area contributed by atoms with Crippen LogP contribution in [0.5, 0.6) is 11.5 Å². The van der Waals surface area contributed by atoms with Gasteiger partial charge in [-0.3, -0.25) is 38.2 Å². The average molecular weight is 1280 g/mol. The summed E-state index contributed by atoms with van der Waals surface area (Å²) in [7, 11) is 0. The van der Waals surface area contributed by atoms with Crippen LogP contribution in [0.25, 0.3) is 18.2 Å². The van der Waals surface area contributed by atoms with Gasteiger partial charge < -0.3 is 75.1 Å². The number of hydrogen-bond acceptors (Lipinski definition) is 14. The number of aliphatic hydroxyl groups is 1. The minimum atomic E-state index is -4.17. The summed E-state index contributed by atoms with van der Waals surface area (Å²) in [6, 6.07) is 27.0. The predicted molar refractivity (Wildman–Crippen MR) is 343 cm³/mol. The molecule has 3 aliphatic heterocycles. The Hall–Kier alpha value is -9.60. The number of carbonyl (C=O) groups excluding carboxylic acids is 7. The molecule has 0 spiro atoms. The van der Waals surface area contributed by atoms with Crippen LogP contribution in [0, 0.1) is 5.92 Å². The summed E-state index contributed by atoms with van der Waals surface area (Å²) < 4.78 is 48.6. The van der Waals surface area contributed by atoms with E-state index < -0.39 is 91.4 Å². The first-order valence-electron chi connectivity index (χ1n) is 30.6. The number of hydrogen-bond donors (Lipinski definition) is 8. The Bertz CT molecular complexity index is 3720. The maximum Gasteiger partial charge on any atom is 0.737 e. The summed E-state index contributed by atoms with van der Waals surface area (Å²) in [5, 5.41) is 32.8. The Morgan fingerprint density at radius 2 is 1.54 bits per heavy atom. The minimum absolute atomic E-state index is 0.0160. The zero-order valence-electron chi connectivity index (χ0n) is 51.1. The number of allylic oxidation sites excluding steroid dienone is 2. The molecule has 6 aromatic rings. The van der Waals surface area contributed by atoms with E-state index in [9.17, 15) is 38.7 Å². The molecule has 27 heteroatoms. The van der Waals surface area contributed by atoms with Crippen molar-refractivity contribution in [3.05, 3.63) is 171 Å². The molecule has 92 heavy (non-hydrogen) atoms. The first kappa shape index (κ1) is 66.8. The number of rotatable bonds is 32. The third-order valence-electron chi connectivity index (χ3n) is 15.9. The molecule has 3 aromatic carbocycles. The van der Waals surface area contributed by atoms with Crippen LogP contribution in [0.15, 0.2) is 133 Å².